The van der Waals surface area contributed by atoms with E-state index in [1.54, 1.807) is 67.3 Å². The fourth-order valence-corrected chi connectivity index (χ4v) is 7.70. The van der Waals surface area contributed by atoms with Gasteiger partial charge in [0.1, 0.15) is 17.5 Å². The van der Waals surface area contributed by atoms with E-state index in [1.165, 1.54) is 6.33 Å². The van der Waals surface area contributed by atoms with Gasteiger partial charge in [0, 0.05) is 89.9 Å². The molecule has 4 amide bonds. The van der Waals surface area contributed by atoms with Crippen molar-refractivity contribution in [2.45, 2.75) is 167 Å². The summed E-state index contributed by atoms with van der Waals surface area (Å²) < 4.78 is 9.04. The number of hydrogen-bond donors (Lipinski definition) is 6. The van der Waals surface area contributed by atoms with Gasteiger partial charge in [-0.1, -0.05) is 19.7 Å². The Morgan fingerprint density at radius 1 is 0.558 bits per heavy atom. The van der Waals surface area contributed by atoms with Crippen molar-refractivity contribution in [2.24, 2.45) is 4.99 Å². The minimum absolute atomic E-state index is 0.0967. The molecule has 0 aliphatic carbocycles. The number of urea groups is 2. The maximum absolute atomic E-state index is 11.4. The number of aryl methyl sites for hydroxylation is 3. The summed E-state index contributed by atoms with van der Waals surface area (Å²) >= 11 is 0. The molecule has 0 aromatic carbocycles. The SMILES string of the molecule is C=C1C=CN(C(C)C)C(=O)N1.C=C1NC(=O)N(C(C)C)C=C1C.C=C1NC=Nc2c1ncn2C(C)C.CC(C)n1cnc2c(=O)[nH]c(N)nc21.CC(C)n1cnc2c(N)ncnc21.Cc1ccn(C(C)C)c(=O)n1.Cc1cn(C(C)C)c(=O)nc1C. The summed E-state index contributed by atoms with van der Waals surface area (Å²) in [6.45, 7) is 46.7. The standard InChI is InChI=1S/C9H12N4.2C9H14N2O.C8H11N5O.C8H11N5.2C8H12N2O/c1-6(2)13-5-12-8-7(3)10-4-11-9(8)13;2*1-6(2)11-5-7(3)8(4)10-9(11)12;1-4(2)13-3-10-5-6(13)11-8(9)12-7(5)14;1-5(2)13-4-12-6-7(9)10-3-11-8(6)13;2*1-6(2)10-5-4-7(3)9-8(10)11/h4-6H,3H2,1-2H3,(H,10,11);5-6H,1-4H3;5-6H,4H2,1-3H3,(H,10,12);3-4H,1-2H3,(H3,9,11,12,14);3-5H,1-2H3,(H2,9,10,11);4-6H,1-3H3;4-6H,3H2,1-2H3,(H,9,11). The van der Waals surface area contributed by atoms with Crippen LogP contribution >= 0.6 is 0 Å². The number of nitrogens with zero attached hydrogens (tertiary/aromatic N) is 16. The number of aromatic nitrogens is 14. The van der Waals surface area contributed by atoms with Gasteiger partial charge in [-0.3, -0.25) is 28.7 Å². The summed E-state index contributed by atoms with van der Waals surface area (Å²) in [5, 5.41) is 8.23. The van der Waals surface area contributed by atoms with Crippen LogP contribution in [0.1, 0.15) is 157 Å². The molecule has 0 saturated heterocycles. The maximum atomic E-state index is 11.4. The van der Waals surface area contributed by atoms with E-state index in [0.717, 1.165) is 45.4 Å². The third kappa shape index (κ3) is 18.3. The Bertz CT molecular complexity index is 3810. The Morgan fingerprint density at radius 2 is 1.10 bits per heavy atom. The number of amides is 4. The van der Waals surface area contributed by atoms with Gasteiger partial charge >= 0.3 is 23.4 Å². The molecule has 7 aromatic rings. The van der Waals surface area contributed by atoms with Gasteiger partial charge in [0.25, 0.3) is 5.56 Å². The molecule has 0 unspecified atom stereocenters. The number of hydrogen-bond acceptors (Lipinski definition) is 17. The number of fused-ring (bicyclic) bond motifs is 3. The van der Waals surface area contributed by atoms with Crippen LogP contribution in [0.2, 0.25) is 0 Å². The molecule has 462 valence electrons. The lowest BCUT2D eigenvalue weighted by Gasteiger charge is -2.28. The molecule has 10 rings (SSSR count). The number of carbonyl (C=O) groups excluding carboxylic acids is 2. The molecule has 10 heterocycles. The Kier molecular flexibility index (Phi) is 24.5. The molecular weight excluding hydrogens is 1100 g/mol. The minimum Gasteiger partial charge on any atom is -0.382 e. The zero-order chi connectivity index (χ0) is 64.6. The second kappa shape index (κ2) is 30.6. The van der Waals surface area contributed by atoms with E-state index >= 15 is 0 Å². The first-order valence-electron chi connectivity index (χ1n) is 28.0. The van der Waals surface area contributed by atoms with Crippen LogP contribution in [-0.4, -0.2) is 108 Å². The van der Waals surface area contributed by atoms with Gasteiger partial charge in [0.15, 0.2) is 28.4 Å². The van der Waals surface area contributed by atoms with Crippen molar-refractivity contribution in [3.05, 3.63) is 153 Å². The molecule has 0 saturated carbocycles. The van der Waals surface area contributed by atoms with Crippen LogP contribution in [0.15, 0.2) is 118 Å². The quantitative estimate of drug-likeness (QED) is 0.0868. The number of anilines is 2. The number of carbonyl (C=O) groups is 2. The van der Waals surface area contributed by atoms with Crippen molar-refractivity contribution in [3.8, 4) is 0 Å². The van der Waals surface area contributed by atoms with Crippen LogP contribution in [0.3, 0.4) is 0 Å². The van der Waals surface area contributed by atoms with Crippen molar-refractivity contribution in [1.82, 2.24) is 93.4 Å². The lowest BCUT2D eigenvalue weighted by Crippen LogP contribution is -2.43. The van der Waals surface area contributed by atoms with E-state index in [0.29, 0.717) is 46.0 Å². The molecule has 27 nitrogen and oxygen atoms in total. The van der Waals surface area contributed by atoms with Gasteiger partial charge in [-0.25, -0.2) is 49.1 Å². The third-order valence-electron chi connectivity index (χ3n) is 12.8. The molecule has 0 atom stereocenters. The number of aliphatic imine (C=N–C) groups is 1. The van der Waals surface area contributed by atoms with E-state index < -0.39 is 0 Å². The molecule has 0 spiro atoms. The van der Waals surface area contributed by atoms with Gasteiger partial charge in [-0.15, -0.1) is 0 Å². The lowest BCUT2D eigenvalue weighted by atomic mass is 10.2. The van der Waals surface area contributed by atoms with Crippen LogP contribution in [0.5, 0.6) is 0 Å². The first-order chi connectivity index (χ1) is 40.2. The van der Waals surface area contributed by atoms with E-state index in [-0.39, 0.29) is 65.2 Å². The summed E-state index contributed by atoms with van der Waals surface area (Å²) in [7, 11) is 0. The summed E-state index contributed by atoms with van der Waals surface area (Å²) in [4.78, 5) is 98.3. The summed E-state index contributed by atoms with van der Waals surface area (Å²) in [5.74, 6) is 1.44. The molecule has 0 radical (unpaired) electrons. The van der Waals surface area contributed by atoms with Gasteiger partial charge in [0.05, 0.1) is 31.0 Å². The average molecular weight is 1180 g/mol. The molecule has 3 aliphatic rings. The van der Waals surface area contributed by atoms with Crippen LogP contribution < -0.4 is 44.4 Å². The van der Waals surface area contributed by atoms with Crippen LogP contribution in [0.25, 0.3) is 28.0 Å². The highest BCUT2D eigenvalue weighted by molar-refractivity contribution is 5.84. The predicted molar refractivity (Wildman–Crippen MR) is 340 cm³/mol. The number of rotatable bonds is 7. The zero-order valence-electron chi connectivity index (χ0n) is 52.9. The van der Waals surface area contributed by atoms with Crippen LogP contribution in [0.4, 0.5) is 27.2 Å². The summed E-state index contributed by atoms with van der Waals surface area (Å²) in [6.07, 6.45) is 17.2. The second-order valence-electron chi connectivity index (χ2n) is 22.0. The first kappa shape index (κ1) is 68.7. The van der Waals surface area contributed by atoms with Crippen LogP contribution in [-0.2, 0) is 0 Å². The zero-order valence-corrected chi connectivity index (χ0v) is 52.9. The van der Waals surface area contributed by atoms with Crippen LogP contribution in [0, 0.1) is 20.8 Å². The minimum atomic E-state index is -0.299. The summed E-state index contributed by atoms with van der Waals surface area (Å²) in [6, 6.07) is 3.30. The Balaban J connectivity index is 0.000000215. The monoisotopic (exact) mass is 1180 g/mol. The predicted octanol–water partition coefficient (Wildman–Crippen LogP) is 8.83. The van der Waals surface area contributed by atoms with Crippen molar-refractivity contribution in [2.75, 3.05) is 11.5 Å². The molecule has 8 N–H and O–H groups in total. The number of allylic oxidation sites excluding steroid dienone is 2. The molecule has 27 heteroatoms. The molecule has 86 heavy (non-hydrogen) atoms. The number of H-pyrrole nitrogens is 1. The lowest BCUT2D eigenvalue weighted by molar-refractivity contribution is 0.205. The fourth-order valence-electron chi connectivity index (χ4n) is 7.70. The number of nitrogens with one attached hydrogen (secondary N) is 4. The molecular formula is C59H86N22O5. The van der Waals surface area contributed by atoms with Crippen molar-refractivity contribution in [3.63, 3.8) is 0 Å². The normalized spacial score (nSPS) is 13.4. The fraction of sp³-hybridized carbons (Fsp3) is 0.424. The summed E-state index contributed by atoms with van der Waals surface area (Å²) in [5.41, 5.74) is 19.4. The Labute approximate surface area is 501 Å². The highest BCUT2D eigenvalue weighted by Crippen LogP contribution is 2.28. The topological polar surface area (TPSA) is 336 Å². The van der Waals surface area contributed by atoms with E-state index in [2.05, 4.69) is 113 Å². The highest BCUT2D eigenvalue weighted by Gasteiger charge is 2.21. The average Bonchev–Trinajstić information content (AvgIpc) is 2.65. The Hall–Kier alpha value is -9.82. The van der Waals surface area contributed by atoms with Gasteiger partial charge < -0.3 is 41.1 Å². The molecule has 7 aromatic heterocycles. The number of aromatic amines is 1. The smallest absolute Gasteiger partial charge is 0.348 e. The van der Waals surface area contributed by atoms with E-state index in [4.69, 9.17) is 11.5 Å². The Morgan fingerprint density at radius 3 is 1.66 bits per heavy atom. The van der Waals surface area contributed by atoms with E-state index in [9.17, 15) is 24.0 Å². The van der Waals surface area contributed by atoms with Crippen molar-refractivity contribution >= 4 is 64.0 Å². The maximum Gasteiger partial charge on any atom is 0.348 e. The first-order valence-corrected chi connectivity index (χ1v) is 28.0. The number of imidazole rings is 3. The number of nitrogen functional groups attached to an aromatic ring is 2. The van der Waals surface area contributed by atoms with Crippen molar-refractivity contribution < 1.29 is 9.59 Å². The molecule has 0 bridgehead atoms. The molecule has 3 aliphatic heterocycles. The van der Waals surface area contributed by atoms with E-state index in [1.807, 2.05) is 125 Å². The third-order valence-corrected chi connectivity index (χ3v) is 12.8. The van der Waals surface area contributed by atoms with Crippen molar-refractivity contribution in [1.29, 1.82) is 0 Å². The second-order valence-corrected chi connectivity index (χ2v) is 22.0. The van der Waals surface area contributed by atoms with Gasteiger partial charge in [0.2, 0.25) is 5.95 Å². The van der Waals surface area contributed by atoms with Gasteiger partial charge in [-0.05, 0) is 148 Å². The largest absolute Gasteiger partial charge is 0.382 e. The van der Waals surface area contributed by atoms with Gasteiger partial charge in [-0.2, -0.15) is 15.0 Å². The highest BCUT2D eigenvalue weighted by atomic mass is 16.2. The molecule has 0 fully saturated rings. The number of nitrogens with two attached hydrogens (primary N) is 2.